The molecule has 29 heavy (non-hydrogen) atoms. The minimum absolute atomic E-state index is 0.0681. The fourth-order valence-electron chi connectivity index (χ4n) is 3.42. The Morgan fingerprint density at radius 1 is 1.14 bits per heavy atom. The van der Waals surface area contributed by atoms with Gasteiger partial charge in [-0.15, -0.1) is 0 Å². The minimum Gasteiger partial charge on any atom is -0.497 e. The van der Waals surface area contributed by atoms with Gasteiger partial charge in [0.1, 0.15) is 16.5 Å². The van der Waals surface area contributed by atoms with Gasteiger partial charge in [0.05, 0.1) is 7.11 Å². The highest BCUT2D eigenvalue weighted by atomic mass is 32.2. The Labute approximate surface area is 170 Å². The molecule has 156 valence electrons. The Morgan fingerprint density at radius 3 is 2.41 bits per heavy atom. The van der Waals surface area contributed by atoms with E-state index < -0.39 is 15.8 Å². The van der Waals surface area contributed by atoms with Crippen LogP contribution in [0.2, 0.25) is 0 Å². The van der Waals surface area contributed by atoms with Crippen LogP contribution in [0.3, 0.4) is 0 Å². The van der Waals surface area contributed by atoms with Crippen molar-refractivity contribution in [1.82, 2.24) is 9.62 Å². The van der Waals surface area contributed by atoms with E-state index in [4.69, 9.17) is 4.74 Å². The predicted molar refractivity (Wildman–Crippen MR) is 108 cm³/mol. The van der Waals surface area contributed by atoms with Gasteiger partial charge in [-0.25, -0.2) is 12.8 Å². The van der Waals surface area contributed by atoms with E-state index in [1.165, 1.54) is 22.5 Å². The van der Waals surface area contributed by atoms with Crippen molar-refractivity contribution in [2.45, 2.75) is 24.2 Å². The molecule has 0 bridgehead atoms. The van der Waals surface area contributed by atoms with E-state index in [-0.39, 0.29) is 29.8 Å². The molecule has 0 spiro atoms. The maximum Gasteiger partial charge on any atom is 0.245 e. The largest absolute Gasteiger partial charge is 0.497 e. The van der Waals surface area contributed by atoms with Crippen molar-refractivity contribution in [2.75, 3.05) is 26.7 Å². The summed E-state index contributed by atoms with van der Waals surface area (Å²) in [6.07, 6.45) is 1.54. The number of benzene rings is 2. The van der Waals surface area contributed by atoms with Crippen molar-refractivity contribution in [2.24, 2.45) is 5.92 Å². The third-order valence-corrected chi connectivity index (χ3v) is 7.08. The van der Waals surface area contributed by atoms with Gasteiger partial charge in [-0.2, -0.15) is 4.31 Å². The van der Waals surface area contributed by atoms with Crippen molar-refractivity contribution in [3.05, 3.63) is 59.9 Å². The first-order valence-electron chi connectivity index (χ1n) is 9.57. The normalized spacial score (nSPS) is 15.8. The van der Waals surface area contributed by atoms with Gasteiger partial charge in [0.25, 0.3) is 0 Å². The lowest BCUT2D eigenvalue weighted by Crippen LogP contribution is -2.43. The maximum absolute atomic E-state index is 13.9. The number of nitrogens with zero attached hydrogens (tertiary/aromatic N) is 1. The number of sulfonamides is 1. The van der Waals surface area contributed by atoms with Crippen LogP contribution in [0.4, 0.5) is 4.39 Å². The summed E-state index contributed by atoms with van der Waals surface area (Å²) in [7, 11) is -2.27. The van der Waals surface area contributed by atoms with Crippen molar-refractivity contribution in [3.8, 4) is 5.75 Å². The third-order valence-electron chi connectivity index (χ3n) is 5.15. The van der Waals surface area contributed by atoms with Crippen LogP contribution in [0.1, 0.15) is 18.4 Å². The van der Waals surface area contributed by atoms with E-state index in [1.54, 1.807) is 7.11 Å². The number of carbonyl (C=O) groups excluding carboxylic acids is 1. The first-order valence-corrected chi connectivity index (χ1v) is 11.0. The summed E-state index contributed by atoms with van der Waals surface area (Å²) in [5.41, 5.74) is 1.09. The van der Waals surface area contributed by atoms with Crippen LogP contribution in [-0.4, -0.2) is 45.4 Å². The lowest BCUT2D eigenvalue weighted by Gasteiger charge is -2.30. The fourth-order valence-corrected chi connectivity index (χ4v) is 4.95. The van der Waals surface area contributed by atoms with Gasteiger partial charge in [-0.3, -0.25) is 4.79 Å². The molecule has 1 amide bonds. The fraction of sp³-hybridized carbons (Fsp3) is 0.381. The van der Waals surface area contributed by atoms with E-state index in [0.717, 1.165) is 17.4 Å². The van der Waals surface area contributed by atoms with E-state index in [9.17, 15) is 17.6 Å². The van der Waals surface area contributed by atoms with Crippen LogP contribution in [0.15, 0.2) is 53.4 Å². The second-order valence-corrected chi connectivity index (χ2v) is 8.90. The van der Waals surface area contributed by atoms with Gasteiger partial charge in [0, 0.05) is 25.6 Å². The molecule has 0 radical (unpaired) electrons. The molecule has 0 atom stereocenters. The van der Waals surface area contributed by atoms with Crippen molar-refractivity contribution in [1.29, 1.82) is 0 Å². The Kier molecular flexibility index (Phi) is 6.87. The highest BCUT2D eigenvalue weighted by Crippen LogP contribution is 2.25. The molecule has 1 aliphatic rings. The molecule has 0 aliphatic carbocycles. The molecule has 1 fully saturated rings. The molecular weight excluding hydrogens is 395 g/mol. The molecule has 2 aromatic rings. The van der Waals surface area contributed by atoms with E-state index in [0.29, 0.717) is 25.8 Å². The van der Waals surface area contributed by atoms with E-state index in [2.05, 4.69) is 5.32 Å². The molecule has 8 heteroatoms. The summed E-state index contributed by atoms with van der Waals surface area (Å²) in [5, 5.41) is 2.93. The minimum atomic E-state index is -3.88. The van der Waals surface area contributed by atoms with E-state index in [1.807, 2.05) is 24.3 Å². The molecule has 1 N–H and O–H groups in total. The summed E-state index contributed by atoms with van der Waals surface area (Å²) in [4.78, 5) is 12.1. The van der Waals surface area contributed by atoms with Gasteiger partial charge < -0.3 is 10.1 Å². The number of methoxy groups -OCH3 is 1. The summed E-state index contributed by atoms with van der Waals surface area (Å²) in [6, 6.07) is 13.0. The molecule has 1 heterocycles. The van der Waals surface area contributed by atoms with Gasteiger partial charge in [0.15, 0.2) is 0 Å². The molecule has 1 aliphatic heterocycles. The SMILES string of the molecule is COc1ccc(CCNC(=O)C2CCN(S(=O)(=O)c3ccccc3F)CC2)cc1. The lowest BCUT2D eigenvalue weighted by atomic mass is 9.97. The number of ether oxygens (including phenoxy) is 1. The van der Waals surface area contributed by atoms with Crippen molar-refractivity contribution in [3.63, 3.8) is 0 Å². The van der Waals surface area contributed by atoms with Crippen LogP contribution in [-0.2, 0) is 21.2 Å². The van der Waals surface area contributed by atoms with Gasteiger partial charge >= 0.3 is 0 Å². The number of rotatable bonds is 7. The molecular formula is C21H25FN2O4S. The number of piperidine rings is 1. The molecule has 0 aromatic heterocycles. The smallest absolute Gasteiger partial charge is 0.245 e. The van der Waals surface area contributed by atoms with Gasteiger partial charge in [0.2, 0.25) is 15.9 Å². The van der Waals surface area contributed by atoms with Crippen LogP contribution < -0.4 is 10.1 Å². The van der Waals surface area contributed by atoms with Crippen LogP contribution >= 0.6 is 0 Å². The first-order chi connectivity index (χ1) is 13.9. The Morgan fingerprint density at radius 2 is 1.79 bits per heavy atom. The van der Waals surface area contributed by atoms with Crippen LogP contribution in [0, 0.1) is 11.7 Å². The Balaban J connectivity index is 1.48. The molecule has 0 unspecified atom stereocenters. The van der Waals surface area contributed by atoms with Crippen molar-refractivity contribution >= 4 is 15.9 Å². The average Bonchev–Trinajstić information content (AvgIpc) is 2.74. The van der Waals surface area contributed by atoms with Gasteiger partial charge in [-0.1, -0.05) is 24.3 Å². The Bertz CT molecular complexity index is 939. The number of carbonyl (C=O) groups is 1. The zero-order valence-corrected chi connectivity index (χ0v) is 17.1. The molecule has 2 aromatic carbocycles. The summed E-state index contributed by atoms with van der Waals surface area (Å²) in [6.45, 7) is 0.916. The molecule has 3 rings (SSSR count). The third kappa shape index (κ3) is 5.13. The average molecular weight is 421 g/mol. The topological polar surface area (TPSA) is 75.7 Å². The number of amides is 1. The van der Waals surface area contributed by atoms with E-state index >= 15 is 0 Å². The zero-order valence-electron chi connectivity index (χ0n) is 16.3. The second kappa shape index (κ2) is 9.37. The summed E-state index contributed by atoms with van der Waals surface area (Å²) in [5.74, 6) is -0.278. The van der Waals surface area contributed by atoms with Gasteiger partial charge in [-0.05, 0) is 49.1 Å². The number of hydrogen-bond acceptors (Lipinski definition) is 4. The standard InChI is InChI=1S/C21H25FN2O4S/c1-28-18-8-6-16(7-9-18)10-13-23-21(25)17-11-14-24(15-12-17)29(26,27)20-5-3-2-4-19(20)22/h2-9,17H,10-15H2,1H3,(H,23,25). The molecule has 6 nitrogen and oxygen atoms in total. The van der Waals surface area contributed by atoms with Crippen molar-refractivity contribution < 1.29 is 22.3 Å². The lowest BCUT2D eigenvalue weighted by molar-refractivity contribution is -0.126. The number of hydrogen-bond donors (Lipinski definition) is 1. The van der Waals surface area contributed by atoms with Crippen LogP contribution in [0.25, 0.3) is 0 Å². The zero-order chi connectivity index (χ0) is 20.9. The Hall–Kier alpha value is -2.45. The summed E-state index contributed by atoms with van der Waals surface area (Å²) >= 11 is 0. The number of halogens is 1. The number of nitrogens with one attached hydrogen (secondary N) is 1. The first kappa shape index (κ1) is 21.3. The molecule has 1 saturated heterocycles. The second-order valence-electron chi connectivity index (χ2n) is 7.00. The molecule has 0 saturated carbocycles. The van der Waals surface area contributed by atoms with Crippen LogP contribution in [0.5, 0.6) is 5.75 Å². The highest BCUT2D eigenvalue weighted by molar-refractivity contribution is 7.89. The summed E-state index contributed by atoms with van der Waals surface area (Å²) < 4.78 is 45.5. The quantitative estimate of drug-likeness (QED) is 0.747. The predicted octanol–water partition coefficient (Wildman–Crippen LogP) is 2.59. The highest BCUT2D eigenvalue weighted by Gasteiger charge is 2.33. The monoisotopic (exact) mass is 420 g/mol. The maximum atomic E-state index is 13.9.